The van der Waals surface area contributed by atoms with Crippen molar-refractivity contribution < 1.29 is 4.74 Å². The van der Waals surface area contributed by atoms with Crippen LogP contribution in [0.4, 0.5) is 0 Å². The fraction of sp³-hybridized carbons (Fsp3) is 0.600. The maximum absolute atomic E-state index is 6.10. The monoisotopic (exact) mass is 374 g/mol. The molecule has 0 spiro atoms. The summed E-state index contributed by atoms with van der Waals surface area (Å²) in [5, 5.41) is 0.990. The molecule has 1 aromatic rings. The van der Waals surface area contributed by atoms with Gasteiger partial charge in [-0.3, -0.25) is 0 Å². The van der Waals surface area contributed by atoms with Gasteiger partial charge in [-0.1, -0.05) is 44.0 Å². The van der Waals surface area contributed by atoms with Gasteiger partial charge in [0.2, 0.25) is 0 Å². The van der Waals surface area contributed by atoms with Crippen LogP contribution in [0.2, 0.25) is 0 Å². The second-order valence-electron chi connectivity index (χ2n) is 5.68. The number of ether oxygens (including phenoxy) is 1. The molecule has 1 heterocycles. The molecule has 2 atom stereocenters. The van der Waals surface area contributed by atoms with Crippen LogP contribution in [0.1, 0.15) is 44.6 Å². The molecule has 1 aliphatic heterocycles. The molecule has 2 rings (SSSR count). The molecular weight excluding hydrogens is 356 g/mol. The summed E-state index contributed by atoms with van der Waals surface area (Å²) in [5.74, 6) is 0.529. The highest BCUT2D eigenvalue weighted by atomic mass is 79.9. The SMILES string of the molecule is CC1(C)CCC(CC(CBr)c2cccc(Br)c2)O1. The first kappa shape index (κ1) is 14.5. The average molecular weight is 376 g/mol. The van der Waals surface area contributed by atoms with E-state index >= 15 is 0 Å². The Hall–Kier alpha value is 0.140. The van der Waals surface area contributed by atoms with Crippen LogP contribution >= 0.6 is 31.9 Å². The van der Waals surface area contributed by atoms with E-state index in [9.17, 15) is 0 Å². The van der Waals surface area contributed by atoms with Gasteiger partial charge < -0.3 is 4.74 Å². The molecule has 3 heteroatoms. The minimum atomic E-state index is 0.0683. The van der Waals surface area contributed by atoms with E-state index in [4.69, 9.17) is 4.74 Å². The first-order valence-electron chi connectivity index (χ1n) is 6.49. The quantitative estimate of drug-likeness (QED) is 0.651. The third kappa shape index (κ3) is 3.82. The first-order valence-corrected chi connectivity index (χ1v) is 8.41. The summed E-state index contributed by atoms with van der Waals surface area (Å²) in [6, 6.07) is 8.60. The molecule has 0 aromatic heterocycles. The molecule has 0 radical (unpaired) electrons. The Labute approximate surface area is 127 Å². The van der Waals surface area contributed by atoms with E-state index in [1.54, 1.807) is 0 Å². The van der Waals surface area contributed by atoms with Crippen LogP contribution in [0.25, 0.3) is 0 Å². The van der Waals surface area contributed by atoms with Gasteiger partial charge in [0.1, 0.15) is 0 Å². The van der Waals surface area contributed by atoms with E-state index in [0.29, 0.717) is 12.0 Å². The molecule has 0 saturated carbocycles. The molecular formula is C15H20Br2O. The number of halogens is 2. The highest BCUT2D eigenvalue weighted by Gasteiger charge is 2.32. The molecule has 0 bridgehead atoms. The predicted octanol–water partition coefficient (Wildman–Crippen LogP) is 5.28. The Balaban J connectivity index is 2.02. The van der Waals surface area contributed by atoms with Gasteiger partial charge in [0.15, 0.2) is 0 Å². The molecule has 0 amide bonds. The van der Waals surface area contributed by atoms with Crippen LogP contribution in [-0.4, -0.2) is 17.0 Å². The zero-order chi connectivity index (χ0) is 13.2. The summed E-state index contributed by atoms with van der Waals surface area (Å²) < 4.78 is 7.25. The summed E-state index contributed by atoms with van der Waals surface area (Å²) in [7, 11) is 0. The van der Waals surface area contributed by atoms with Gasteiger partial charge in [-0.05, 0) is 56.7 Å². The van der Waals surface area contributed by atoms with E-state index in [1.165, 1.54) is 18.4 Å². The van der Waals surface area contributed by atoms with Crippen molar-refractivity contribution in [1.29, 1.82) is 0 Å². The van der Waals surface area contributed by atoms with E-state index < -0.39 is 0 Å². The number of hydrogen-bond donors (Lipinski definition) is 0. The van der Waals surface area contributed by atoms with Crippen molar-refractivity contribution in [2.45, 2.75) is 50.7 Å². The van der Waals surface area contributed by atoms with E-state index in [1.807, 2.05) is 0 Å². The normalized spacial score (nSPS) is 24.1. The largest absolute Gasteiger partial charge is 0.372 e. The minimum absolute atomic E-state index is 0.0683. The van der Waals surface area contributed by atoms with Gasteiger partial charge in [-0.25, -0.2) is 0 Å². The van der Waals surface area contributed by atoms with E-state index in [2.05, 4.69) is 70.0 Å². The number of rotatable bonds is 4. The molecule has 1 aliphatic rings. The molecule has 18 heavy (non-hydrogen) atoms. The third-order valence-electron chi connectivity index (χ3n) is 3.61. The van der Waals surface area contributed by atoms with Crippen molar-refractivity contribution in [1.82, 2.24) is 0 Å². The van der Waals surface area contributed by atoms with Crippen LogP contribution < -0.4 is 0 Å². The van der Waals surface area contributed by atoms with Crippen molar-refractivity contribution in [2.75, 3.05) is 5.33 Å². The fourth-order valence-electron chi connectivity index (χ4n) is 2.61. The summed E-state index contributed by atoms with van der Waals surface area (Å²) in [4.78, 5) is 0. The van der Waals surface area contributed by atoms with Gasteiger partial charge in [0, 0.05) is 9.80 Å². The van der Waals surface area contributed by atoms with Crippen molar-refractivity contribution in [3.8, 4) is 0 Å². The fourth-order valence-corrected chi connectivity index (χ4v) is 3.66. The van der Waals surface area contributed by atoms with Gasteiger partial charge in [-0.2, -0.15) is 0 Å². The zero-order valence-electron chi connectivity index (χ0n) is 11.0. The summed E-state index contributed by atoms with van der Waals surface area (Å²) >= 11 is 7.19. The lowest BCUT2D eigenvalue weighted by atomic mass is 9.93. The van der Waals surface area contributed by atoms with E-state index in [-0.39, 0.29) is 5.60 Å². The molecule has 0 N–H and O–H groups in total. The van der Waals surface area contributed by atoms with Crippen molar-refractivity contribution in [3.05, 3.63) is 34.3 Å². The molecule has 2 unspecified atom stereocenters. The second kappa shape index (κ2) is 6.06. The maximum Gasteiger partial charge on any atom is 0.0631 e. The third-order valence-corrected chi connectivity index (χ3v) is 4.88. The first-order chi connectivity index (χ1) is 8.50. The topological polar surface area (TPSA) is 9.23 Å². The van der Waals surface area contributed by atoms with Gasteiger partial charge in [0.25, 0.3) is 0 Å². The van der Waals surface area contributed by atoms with Crippen LogP contribution in [0.3, 0.4) is 0 Å². The lowest BCUT2D eigenvalue weighted by Gasteiger charge is -2.22. The lowest BCUT2D eigenvalue weighted by molar-refractivity contribution is -0.0201. The number of alkyl halides is 1. The smallest absolute Gasteiger partial charge is 0.0631 e. The molecule has 1 nitrogen and oxygen atoms in total. The van der Waals surface area contributed by atoms with Crippen molar-refractivity contribution in [3.63, 3.8) is 0 Å². The Morgan fingerprint density at radius 2 is 2.22 bits per heavy atom. The van der Waals surface area contributed by atoms with Crippen LogP contribution in [0.5, 0.6) is 0 Å². The Morgan fingerprint density at radius 1 is 1.44 bits per heavy atom. The van der Waals surface area contributed by atoms with Gasteiger partial charge in [-0.15, -0.1) is 0 Å². The average Bonchev–Trinajstić information content (AvgIpc) is 2.65. The maximum atomic E-state index is 6.10. The lowest BCUT2D eigenvalue weighted by Crippen LogP contribution is -2.21. The highest BCUT2D eigenvalue weighted by molar-refractivity contribution is 9.10. The predicted molar refractivity (Wildman–Crippen MR) is 83.5 cm³/mol. The van der Waals surface area contributed by atoms with Crippen LogP contribution in [0, 0.1) is 0 Å². The van der Waals surface area contributed by atoms with Crippen molar-refractivity contribution >= 4 is 31.9 Å². The highest BCUT2D eigenvalue weighted by Crippen LogP contribution is 2.35. The van der Waals surface area contributed by atoms with Crippen LogP contribution in [0.15, 0.2) is 28.7 Å². The van der Waals surface area contributed by atoms with Crippen LogP contribution in [-0.2, 0) is 4.74 Å². The molecule has 100 valence electrons. The zero-order valence-corrected chi connectivity index (χ0v) is 14.1. The van der Waals surface area contributed by atoms with E-state index in [0.717, 1.165) is 16.2 Å². The Morgan fingerprint density at radius 3 is 2.78 bits per heavy atom. The summed E-state index contributed by atoms with van der Waals surface area (Å²) in [5.41, 5.74) is 1.45. The minimum Gasteiger partial charge on any atom is -0.372 e. The van der Waals surface area contributed by atoms with Gasteiger partial charge >= 0.3 is 0 Å². The Kier molecular flexibility index (Phi) is 4.90. The second-order valence-corrected chi connectivity index (χ2v) is 7.24. The number of benzene rings is 1. The molecule has 1 fully saturated rings. The molecule has 1 aromatic carbocycles. The number of hydrogen-bond acceptors (Lipinski definition) is 1. The standard InChI is InChI=1S/C15H20Br2O/c1-15(2)7-6-14(18-15)9-12(10-16)11-4-3-5-13(17)8-11/h3-5,8,12,14H,6-7,9-10H2,1-2H3. The molecule has 0 aliphatic carbocycles. The molecule has 1 saturated heterocycles. The summed E-state index contributed by atoms with van der Waals surface area (Å²) in [6.45, 7) is 4.38. The Bertz CT molecular complexity index is 403. The summed E-state index contributed by atoms with van der Waals surface area (Å²) in [6.07, 6.45) is 3.86. The van der Waals surface area contributed by atoms with Gasteiger partial charge in [0.05, 0.1) is 11.7 Å². The van der Waals surface area contributed by atoms with Crippen molar-refractivity contribution in [2.24, 2.45) is 0 Å².